The summed E-state index contributed by atoms with van der Waals surface area (Å²) in [5.41, 5.74) is 2.38. The first-order valence-corrected chi connectivity index (χ1v) is 7.59. The van der Waals surface area contributed by atoms with Gasteiger partial charge in [0, 0.05) is 6.54 Å². The standard InChI is InChI=1S/C19H19N3O/c1-23-18-9-5-8-17(14-18)12-13-22-15-20-21-19(22)11-10-16-6-3-2-4-7-16/h2-11,14-15H,12-13H2,1H3/b11-10+. The van der Waals surface area contributed by atoms with E-state index in [1.54, 1.807) is 13.4 Å². The van der Waals surface area contributed by atoms with Gasteiger partial charge >= 0.3 is 0 Å². The number of aromatic nitrogens is 3. The highest BCUT2D eigenvalue weighted by Crippen LogP contribution is 2.14. The van der Waals surface area contributed by atoms with E-state index in [0.29, 0.717) is 0 Å². The highest BCUT2D eigenvalue weighted by molar-refractivity contribution is 5.66. The molecule has 23 heavy (non-hydrogen) atoms. The molecule has 116 valence electrons. The lowest BCUT2D eigenvalue weighted by atomic mass is 10.1. The van der Waals surface area contributed by atoms with Crippen molar-refractivity contribution in [3.8, 4) is 5.75 Å². The molecule has 3 aromatic rings. The van der Waals surface area contributed by atoms with Crippen molar-refractivity contribution in [2.24, 2.45) is 0 Å². The summed E-state index contributed by atoms with van der Waals surface area (Å²) in [6.07, 6.45) is 6.71. The summed E-state index contributed by atoms with van der Waals surface area (Å²) in [6.45, 7) is 0.828. The van der Waals surface area contributed by atoms with Gasteiger partial charge in [0.05, 0.1) is 7.11 Å². The second kappa shape index (κ2) is 7.40. The fraction of sp³-hybridized carbons (Fsp3) is 0.158. The Bertz CT molecular complexity index is 778. The fourth-order valence-electron chi connectivity index (χ4n) is 2.38. The Labute approximate surface area is 136 Å². The molecule has 0 N–H and O–H groups in total. The molecule has 0 aliphatic heterocycles. The molecule has 1 aromatic heterocycles. The van der Waals surface area contributed by atoms with Crippen LogP contribution in [0.3, 0.4) is 0 Å². The fourth-order valence-corrected chi connectivity index (χ4v) is 2.38. The molecule has 0 bridgehead atoms. The normalized spacial score (nSPS) is 11.0. The smallest absolute Gasteiger partial charge is 0.156 e. The van der Waals surface area contributed by atoms with Gasteiger partial charge in [-0.15, -0.1) is 10.2 Å². The van der Waals surface area contributed by atoms with Gasteiger partial charge in [-0.2, -0.15) is 0 Å². The van der Waals surface area contributed by atoms with Crippen LogP contribution < -0.4 is 4.74 Å². The topological polar surface area (TPSA) is 39.9 Å². The van der Waals surface area contributed by atoms with Crippen LogP contribution in [0.1, 0.15) is 17.0 Å². The summed E-state index contributed by atoms with van der Waals surface area (Å²) in [5.74, 6) is 1.74. The lowest BCUT2D eigenvalue weighted by molar-refractivity contribution is 0.414. The molecule has 0 unspecified atom stereocenters. The third kappa shape index (κ3) is 4.07. The lowest BCUT2D eigenvalue weighted by Crippen LogP contribution is -2.02. The van der Waals surface area contributed by atoms with Crippen LogP contribution in [0.4, 0.5) is 0 Å². The first-order chi connectivity index (χ1) is 11.3. The molecule has 0 amide bonds. The molecule has 0 saturated carbocycles. The Morgan fingerprint density at radius 2 is 1.91 bits per heavy atom. The molecule has 0 radical (unpaired) electrons. The minimum Gasteiger partial charge on any atom is -0.497 e. The van der Waals surface area contributed by atoms with Crippen LogP contribution in [-0.4, -0.2) is 21.9 Å². The zero-order chi connectivity index (χ0) is 15.9. The van der Waals surface area contributed by atoms with E-state index >= 15 is 0 Å². The average molecular weight is 305 g/mol. The van der Waals surface area contributed by atoms with Gasteiger partial charge in [-0.3, -0.25) is 0 Å². The summed E-state index contributed by atoms with van der Waals surface area (Å²) < 4.78 is 7.31. The van der Waals surface area contributed by atoms with E-state index in [2.05, 4.69) is 39.0 Å². The second-order valence-corrected chi connectivity index (χ2v) is 5.23. The van der Waals surface area contributed by atoms with E-state index in [1.165, 1.54) is 5.56 Å². The number of ether oxygens (including phenoxy) is 1. The molecule has 0 saturated heterocycles. The van der Waals surface area contributed by atoms with Crippen molar-refractivity contribution in [1.82, 2.24) is 14.8 Å². The third-order valence-corrected chi connectivity index (χ3v) is 3.65. The maximum Gasteiger partial charge on any atom is 0.156 e. The number of rotatable bonds is 6. The molecule has 0 spiro atoms. The van der Waals surface area contributed by atoms with Crippen LogP contribution in [0.15, 0.2) is 60.9 Å². The van der Waals surface area contributed by atoms with Crippen molar-refractivity contribution in [2.45, 2.75) is 13.0 Å². The van der Waals surface area contributed by atoms with E-state index < -0.39 is 0 Å². The first-order valence-electron chi connectivity index (χ1n) is 7.59. The number of methoxy groups -OCH3 is 1. The maximum absolute atomic E-state index is 5.26. The molecule has 0 aliphatic rings. The zero-order valence-corrected chi connectivity index (χ0v) is 13.1. The highest BCUT2D eigenvalue weighted by atomic mass is 16.5. The number of aryl methyl sites for hydroxylation is 2. The predicted molar refractivity (Wildman–Crippen MR) is 92.1 cm³/mol. The molecule has 0 aliphatic carbocycles. The molecule has 4 heteroatoms. The molecule has 1 heterocycles. The molecular weight excluding hydrogens is 286 g/mol. The summed E-state index contributed by atoms with van der Waals surface area (Å²) >= 11 is 0. The van der Waals surface area contributed by atoms with E-state index in [-0.39, 0.29) is 0 Å². The quantitative estimate of drug-likeness (QED) is 0.697. The highest BCUT2D eigenvalue weighted by Gasteiger charge is 2.02. The Balaban J connectivity index is 1.67. The summed E-state index contributed by atoms with van der Waals surface area (Å²) in [7, 11) is 1.69. The van der Waals surface area contributed by atoms with Gasteiger partial charge in [0.15, 0.2) is 5.82 Å². The van der Waals surface area contributed by atoms with Gasteiger partial charge in [-0.25, -0.2) is 0 Å². The van der Waals surface area contributed by atoms with Crippen LogP contribution >= 0.6 is 0 Å². The summed E-state index contributed by atoms with van der Waals surface area (Å²) in [5, 5.41) is 8.20. The summed E-state index contributed by atoms with van der Waals surface area (Å²) in [6, 6.07) is 18.3. The van der Waals surface area contributed by atoms with Gasteiger partial charge in [0.2, 0.25) is 0 Å². The maximum atomic E-state index is 5.26. The minimum atomic E-state index is 0.828. The van der Waals surface area contributed by atoms with E-state index in [1.807, 2.05) is 42.5 Å². The largest absolute Gasteiger partial charge is 0.497 e. The summed E-state index contributed by atoms with van der Waals surface area (Å²) in [4.78, 5) is 0. The number of hydrogen-bond donors (Lipinski definition) is 0. The Hall–Kier alpha value is -2.88. The van der Waals surface area contributed by atoms with Crippen LogP contribution in [0.5, 0.6) is 5.75 Å². The lowest BCUT2D eigenvalue weighted by Gasteiger charge is -2.06. The van der Waals surface area contributed by atoms with E-state index in [9.17, 15) is 0 Å². The second-order valence-electron chi connectivity index (χ2n) is 5.23. The van der Waals surface area contributed by atoms with Crippen molar-refractivity contribution in [3.05, 3.63) is 77.9 Å². The van der Waals surface area contributed by atoms with Gasteiger partial charge < -0.3 is 9.30 Å². The Morgan fingerprint density at radius 1 is 1.04 bits per heavy atom. The van der Waals surface area contributed by atoms with E-state index in [4.69, 9.17) is 4.74 Å². The first kappa shape index (κ1) is 15.0. The van der Waals surface area contributed by atoms with Crippen molar-refractivity contribution >= 4 is 12.2 Å². The van der Waals surface area contributed by atoms with Gasteiger partial charge in [0.25, 0.3) is 0 Å². The van der Waals surface area contributed by atoms with Crippen molar-refractivity contribution < 1.29 is 4.74 Å². The minimum absolute atomic E-state index is 0.828. The van der Waals surface area contributed by atoms with Gasteiger partial charge in [0.1, 0.15) is 12.1 Å². The Kier molecular flexibility index (Phi) is 4.84. The van der Waals surface area contributed by atoms with Gasteiger partial charge in [-0.1, -0.05) is 48.5 Å². The van der Waals surface area contributed by atoms with Crippen LogP contribution in [-0.2, 0) is 13.0 Å². The van der Waals surface area contributed by atoms with Gasteiger partial charge in [-0.05, 0) is 35.8 Å². The third-order valence-electron chi connectivity index (χ3n) is 3.65. The monoisotopic (exact) mass is 305 g/mol. The van der Waals surface area contributed by atoms with Crippen LogP contribution in [0.2, 0.25) is 0 Å². The van der Waals surface area contributed by atoms with E-state index in [0.717, 1.165) is 30.1 Å². The Morgan fingerprint density at radius 3 is 2.74 bits per heavy atom. The number of benzene rings is 2. The van der Waals surface area contributed by atoms with Crippen molar-refractivity contribution in [1.29, 1.82) is 0 Å². The number of hydrogen-bond acceptors (Lipinski definition) is 3. The van der Waals surface area contributed by atoms with Crippen LogP contribution in [0, 0.1) is 0 Å². The van der Waals surface area contributed by atoms with Crippen LogP contribution in [0.25, 0.3) is 12.2 Å². The molecule has 2 aromatic carbocycles. The molecule has 0 atom stereocenters. The molecular formula is C19H19N3O. The molecule has 3 rings (SSSR count). The SMILES string of the molecule is COc1cccc(CCn2cnnc2/C=C/c2ccccc2)c1. The number of nitrogens with zero attached hydrogens (tertiary/aromatic N) is 3. The van der Waals surface area contributed by atoms with Crippen molar-refractivity contribution in [3.63, 3.8) is 0 Å². The zero-order valence-electron chi connectivity index (χ0n) is 13.1. The average Bonchev–Trinajstić information content (AvgIpc) is 3.07. The predicted octanol–water partition coefficient (Wildman–Crippen LogP) is 3.70. The molecule has 4 nitrogen and oxygen atoms in total. The van der Waals surface area contributed by atoms with Crippen molar-refractivity contribution in [2.75, 3.05) is 7.11 Å². The molecule has 0 fully saturated rings.